The van der Waals surface area contributed by atoms with E-state index in [1.54, 1.807) is 0 Å². The first-order valence-corrected chi connectivity index (χ1v) is 12.8. The molecule has 0 saturated carbocycles. The van der Waals surface area contributed by atoms with E-state index < -0.39 is 29.5 Å². The van der Waals surface area contributed by atoms with Gasteiger partial charge in [-0.15, -0.1) is 0 Å². The molecule has 0 aliphatic rings. The number of fused-ring (bicyclic) bond motifs is 2. The molecule has 204 valence electrons. The summed E-state index contributed by atoms with van der Waals surface area (Å²) in [5.74, 6) is -1.11. The van der Waals surface area contributed by atoms with Crippen LogP contribution >= 0.6 is 0 Å². The van der Waals surface area contributed by atoms with Crippen LogP contribution in [0.2, 0.25) is 0 Å². The number of carboxylic acid groups (broad SMARTS) is 1. The van der Waals surface area contributed by atoms with Crippen LogP contribution in [0.15, 0.2) is 50.0 Å². The van der Waals surface area contributed by atoms with Gasteiger partial charge in [0.15, 0.2) is 0 Å². The molecule has 0 aliphatic heterocycles. The van der Waals surface area contributed by atoms with E-state index in [-0.39, 0.29) is 32.2 Å². The highest BCUT2D eigenvalue weighted by molar-refractivity contribution is 6.00. The van der Waals surface area contributed by atoms with E-state index in [0.29, 0.717) is 16.7 Å². The monoisotopic (exact) mass is 532 g/mol. The third kappa shape index (κ3) is 6.03. The number of hydrogen-bond acceptors (Lipinski definition) is 6. The van der Waals surface area contributed by atoms with Crippen molar-refractivity contribution in [3.63, 3.8) is 0 Å². The quantitative estimate of drug-likeness (QED) is 0.262. The van der Waals surface area contributed by atoms with E-state index in [0.717, 1.165) is 38.8 Å². The van der Waals surface area contributed by atoms with Crippen LogP contribution < -0.4 is 16.3 Å². The second-order valence-corrected chi connectivity index (χ2v) is 9.78. The Kier molecular flexibility index (Phi) is 8.18. The van der Waals surface area contributed by atoms with E-state index in [9.17, 15) is 19.2 Å². The summed E-state index contributed by atoms with van der Waals surface area (Å²) in [4.78, 5) is 49.5. The normalized spacial score (nSPS) is 12.0. The summed E-state index contributed by atoms with van der Waals surface area (Å²) in [7, 11) is 0. The molecule has 2 amide bonds. The highest BCUT2D eigenvalue weighted by Gasteiger charge is 2.23. The van der Waals surface area contributed by atoms with Crippen LogP contribution in [-0.4, -0.2) is 35.5 Å². The summed E-state index contributed by atoms with van der Waals surface area (Å²) in [6.07, 6.45) is 0.116. The molecule has 4 rings (SSSR count). The number of rotatable bonds is 10. The number of carbonyl (C=O) groups is 3. The molecule has 39 heavy (non-hydrogen) atoms. The van der Waals surface area contributed by atoms with Gasteiger partial charge in [-0.2, -0.15) is 0 Å². The first-order valence-electron chi connectivity index (χ1n) is 12.8. The van der Waals surface area contributed by atoms with E-state index in [4.69, 9.17) is 13.9 Å². The second kappa shape index (κ2) is 11.6. The number of carboxylic acids is 1. The molecule has 0 spiro atoms. The maximum atomic E-state index is 12.9. The predicted octanol–water partition coefficient (Wildman–Crippen LogP) is 4.02. The summed E-state index contributed by atoms with van der Waals surface area (Å²) < 4.78 is 11.6. The van der Waals surface area contributed by atoms with Crippen LogP contribution in [0.3, 0.4) is 0 Å². The van der Waals surface area contributed by atoms with Gasteiger partial charge in [0.2, 0.25) is 11.8 Å². The Morgan fingerprint density at radius 1 is 0.897 bits per heavy atom. The van der Waals surface area contributed by atoms with E-state index in [2.05, 4.69) is 10.6 Å². The topological polar surface area (TPSA) is 139 Å². The zero-order chi connectivity index (χ0) is 28.3. The largest absolute Gasteiger partial charge is 0.481 e. The van der Waals surface area contributed by atoms with Crippen molar-refractivity contribution in [2.75, 3.05) is 6.54 Å². The fraction of sp³-hybridized carbons (Fsp3) is 0.333. The van der Waals surface area contributed by atoms with Gasteiger partial charge in [-0.3, -0.25) is 14.4 Å². The maximum Gasteiger partial charge on any atom is 0.339 e. The number of aliphatic carboxylic acids is 1. The molecule has 9 heteroatoms. The third-order valence-corrected chi connectivity index (χ3v) is 7.12. The molecule has 2 aromatic heterocycles. The van der Waals surface area contributed by atoms with Gasteiger partial charge >= 0.3 is 11.6 Å². The fourth-order valence-corrected chi connectivity index (χ4v) is 4.76. The van der Waals surface area contributed by atoms with Crippen LogP contribution in [0.4, 0.5) is 0 Å². The van der Waals surface area contributed by atoms with Crippen molar-refractivity contribution >= 4 is 39.7 Å². The Balaban J connectivity index is 1.53. The molecular formula is C30H32N2O7. The summed E-state index contributed by atoms with van der Waals surface area (Å²) >= 11 is 0. The van der Waals surface area contributed by atoms with Gasteiger partial charge < -0.3 is 24.6 Å². The SMILES string of the molecule is Cc1oc2c(C)c3oc(=O)c(CCC(=O)NC(Cc4ccccc4)C(=O)NCCC(=O)O)c(C)c3cc2c1C. The molecule has 0 saturated heterocycles. The zero-order valence-electron chi connectivity index (χ0n) is 22.5. The first-order chi connectivity index (χ1) is 18.6. The van der Waals surface area contributed by atoms with Gasteiger partial charge in [-0.1, -0.05) is 30.3 Å². The Morgan fingerprint density at radius 2 is 1.56 bits per heavy atom. The van der Waals surface area contributed by atoms with Gasteiger partial charge in [-0.25, -0.2) is 4.79 Å². The molecule has 0 radical (unpaired) electrons. The maximum absolute atomic E-state index is 12.9. The standard InChI is InChI=1S/C30H32N2O7/c1-16-19(4)38-27-18(3)28-23(15-22(16)27)17(2)21(30(37)39-28)10-11-25(33)32-24(14-20-8-6-5-7-9-20)29(36)31-13-12-26(34)35/h5-9,15,24H,10-14H2,1-4H3,(H,31,36)(H,32,33)(H,34,35). The van der Waals surface area contributed by atoms with Crippen molar-refractivity contribution in [3.05, 3.63) is 80.4 Å². The molecule has 0 aliphatic carbocycles. The van der Waals surface area contributed by atoms with Gasteiger partial charge in [0.25, 0.3) is 0 Å². The molecular weight excluding hydrogens is 500 g/mol. The van der Waals surface area contributed by atoms with Gasteiger partial charge in [0.05, 0.1) is 6.42 Å². The third-order valence-electron chi connectivity index (χ3n) is 7.12. The average molecular weight is 533 g/mol. The number of amides is 2. The van der Waals surface area contributed by atoms with Crippen LogP contribution in [0.1, 0.15) is 46.4 Å². The Morgan fingerprint density at radius 3 is 2.26 bits per heavy atom. The smallest absolute Gasteiger partial charge is 0.339 e. The molecule has 0 bridgehead atoms. The average Bonchev–Trinajstić information content (AvgIpc) is 3.18. The second-order valence-electron chi connectivity index (χ2n) is 9.78. The lowest BCUT2D eigenvalue weighted by Crippen LogP contribution is -2.48. The Bertz CT molecular complexity index is 1620. The van der Waals surface area contributed by atoms with Crippen molar-refractivity contribution in [2.24, 2.45) is 0 Å². The van der Waals surface area contributed by atoms with Crippen molar-refractivity contribution in [3.8, 4) is 0 Å². The number of benzene rings is 2. The molecule has 1 atom stereocenters. The molecule has 9 nitrogen and oxygen atoms in total. The number of nitrogens with one attached hydrogen (secondary N) is 2. The van der Waals surface area contributed by atoms with Crippen molar-refractivity contribution in [1.82, 2.24) is 10.6 Å². The fourth-order valence-electron chi connectivity index (χ4n) is 4.76. The molecule has 2 heterocycles. The Labute approximate surface area is 225 Å². The molecule has 0 fully saturated rings. The number of carbonyl (C=O) groups excluding carboxylic acids is 2. The molecule has 4 aromatic rings. The Hall–Kier alpha value is -4.40. The number of aryl methyl sites for hydroxylation is 4. The number of hydrogen-bond donors (Lipinski definition) is 3. The van der Waals surface area contributed by atoms with Crippen molar-refractivity contribution in [2.45, 2.75) is 59.4 Å². The van der Waals surface area contributed by atoms with Crippen LogP contribution in [-0.2, 0) is 27.2 Å². The number of furan rings is 1. The molecule has 2 aromatic carbocycles. The predicted molar refractivity (Wildman–Crippen MR) is 147 cm³/mol. The summed E-state index contributed by atoms with van der Waals surface area (Å²) in [6.45, 7) is 7.53. The summed E-state index contributed by atoms with van der Waals surface area (Å²) in [6, 6.07) is 10.3. The van der Waals surface area contributed by atoms with Crippen molar-refractivity contribution < 1.29 is 28.3 Å². The highest BCUT2D eigenvalue weighted by atomic mass is 16.4. The molecule has 3 N–H and O–H groups in total. The van der Waals surface area contributed by atoms with Gasteiger partial charge in [0, 0.05) is 41.3 Å². The van der Waals surface area contributed by atoms with Crippen LogP contribution in [0.5, 0.6) is 0 Å². The van der Waals surface area contributed by atoms with Gasteiger partial charge in [0.1, 0.15) is 23.0 Å². The van der Waals surface area contributed by atoms with Crippen molar-refractivity contribution in [1.29, 1.82) is 0 Å². The first kappa shape index (κ1) is 27.6. The minimum atomic E-state index is -1.03. The van der Waals surface area contributed by atoms with E-state index >= 15 is 0 Å². The van der Waals surface area contributed by atoms with Crippen LogP contribution in [0.25, 0.3) is 21.9 Å². The summed E-state index contributed by atoms with van der Waals surface area (Å²) in [5.41, 5.74) is 4.40. The summed E-state index contributed by atoms with van der Waals surface area (Å²) in [5, 5.41) is 15.9. The molecule has 1 unspecified atom stereocenters. The zero-order valence-corrected chi connectivity index (χ0v) is 22.5. The lowest BCUT2D eigenvalue weighted by Gasteiger charge is -2.19. The van der Waals surface area contributed by atoms with E-state index in [1.165, 1.54) is 0 Å². The van der Waals surface area contributed by atoms with Crippen LogP contribution in [0, 0.1) is 27.7 Å². The lowest BCUT2D eigenvalue weighted by molar-refractivity contribution is -0.137. The van der Waals surface area contributed by atoms with Gasteiger partial charge in [-0.05, 0) is 56.9 Å². The minimum Gasteiger partial charge on any atom is -0.481 e. The van der Waals surface area contributed by atoms with E-state index in [1.807, 2.05) is 64.1 Å². The lowest BCUT2D eigenvalue weighted by atomic mass is 9.98. The minimum absolute atomic E-state index is 0.0319. The highest BCUT2D eigenvalue weighted by Crippen LogP contribution is 2.34.